The zero-order valence-corrected chi connectivity index (χ0v) is 11.0. The number of carbonyl (C=O) groups is 1. The molecule has 0 saturated carbocycles. The van der Waals surface area contributed by atoms with Crippen LogP contribution in [0.1, 0.15) is 34.1 Å². The third kappa shape index (κ3) is 7.68. The van der Waals surface area contributed by atoms with Crippen LogP contribution in [0.25, 0.3) is 0 Å². The number of thioether (sulfide) groups is 1. The van der Waals surface area contributed by atoms with Crippen LogP contribution in [0.3, 0.4) is 0 Å². The molecule has 0 saturated heterocycles. The summed E-state index contributed by atoms with van der Waals surface area (Å²) < 4.78 is 5.02. The second-order valence-corrected chi connectivity index (χ2v) is 5.01. The fourth-order valence-corrected chi connectivity index (χ4v) is 1.95. The quantitative estimate of drug-likeness (QED) is 0.514. The summed E-state index contributed by atoms with van der Waals surface area (Å²) in [6, 6.07) is 0.162. The highest BCUT2D eigenvalue weighted by Gasteiger charge is 2.19. The molecule has 3 nitrogen and oxygen atoms in total. The molecule has 90 valence electrons. The number of ether oxygens (including phenoxy) is 1. The highest BCUT2D eigenvalue weighted by atomic mass is 32.2. The summed E-state index contributed by atoms with van der Waals surface area (Å²) in [5, 5.41) is 3.24. The molecule has 0 heterocycles. The minimum absolute atomic E-state index is 0.122. The van der Waals surface area contributed by atoms with Crippen LogP contribution in [-0.4, -0.2) is 36.2 Å². The fraction of sp³-hybridized carbons (Fsp3) is 0.909. The van der Waals surface area contributed by atoms with E-state index in [1.54, 1.807) is 0 Å². The molecule has 0 radical (unpaired) electrons. The Morgan fingerprint density at radius 2 is 2.07 bits per heavy atom. The summed E-state index contributed by atoms with van der Waals surface area (Å²) in [7, 11) is 0. The van der Waals surface area contributed by atoms with Crippen LogP contribution in [0, 0.1) is 0 Å². The summed E-state index contributed by atoms with van der Waals surface area (Å²) in [6.07, 6.45) is 0.843. The Bertz CT molecular complexity index is 174. The highest BCUT2D eigenvalue weighted by Crippen LogP contribution is 2.06. The molecule has 0 aromatic heterocycles. The van der Waals surface area contributed by atoms with E-state index in [-0.39, 0.29) is 12.0 Å². The van der Waals surface area contributed by atoms with E-state index in [1.807, 2.05) is 32.5 Å². The Morgan fingerprint density at radius 1 is 1.40 bits per heavy atom. The van der Waals surface area contributed by atoms with Crippen molar-refractivity contribution >= 4 is 17.7 Å². The Morgan fingerprint density at radius 3 is 2.53 bits per heavy atom. The molecule has 0 spiro atoms. The normalized spacial score (nSPS) is 12.9. The summed E-state index contributed by atoms with van der Waals surface area (Å²) >= 11 is 1.85. The summed E-state index contributed by atoms with van der Waals surface area (Å²) in [5.74, 6) is 1.97. The van der Waals surface area contributed by atoms with Gasteiger partial charge < -0.3 is 10.1 Å². The number of esters is 1. The SMILES string of the molecule is CCOC(=O)C(CCSCC)NC(C)C. The molecular weight excluding hydrogens is 210 g/mol. The van der Waals surface area contributed by atoms with E-state index in [9.17, 15) is 4.79 Å². The number of hydrogen-bond acceptors (Lipinski definition) is 4. The van der Waals surface area contributed by atoms with Crippen molar-refractivity contribution in [3.05, 3.63) is 0 Å². The zero-order chi connectivity index (χ0) is 11.7. The van der Waals surface area contributed by atoms with Gasteiger partial charge in [0.1, 0.15) is 6.04 Å². The van der Waals surface area contributed by atoms with Gasteiger partial charge in [-0.15, -0.1) is 0 Å². The zero-order valence-electron chi connectivity index (χ0n) is 10.2. The van der Waals surface area contributed by atoms with Gasteiger partial charge in [0.25, 0.3) is 0 Å². The molecule has 1 N–H and O–H groups in total. The standard InChI is InChI=1S/C11H23NO2S/c1-5-14-11(13)10(12-9(3)4)7-8-15-6-2/h9-10,12H,5-8H2,1-4H3. The molecule has 0 aliphatic carbocycles. The predicted molar refractivity (Wildman–Crippen MR) is 66.3 cm³/mol. The van der Waals surface area contributed by atoms with E-state index in [0.717, 1.165) is 17.9 Å². The van der Waals surface area contributed by atoms with Crippen molar-refractivity contribution in [3.63, 3.8) is 0 Å². The molecule has 4 heteroatoms. The number of nitrogens with one attached hydrogen (secondary N) is 1. The van der Waals surface area contributed by atoms with Crippen molar-refractivity contribution in [3.8, 4) is 0 Å². The van der Waals surface area contributed by atoms with Gasteiger partial charge in [-0.1, -0.05) is 20.8 Å². The largest absolute Gasteiger partial charge is 0.465 e. The van der Waals surface area contributed by atoms with Gasteiger partial charge >= 0.3 is 5.97 Å². The van der Waals surface area contributed by atoms with E-state index < -0.39 is 0 Å². The second kappa shape index (κ2) is 9.04. The maximum absolute atomic E-state index is 11.6. The van der Waals surface area contributed by atoms with Crippen LogP contribution in [0.4, 0.5) is 0 Å². The van der Waals surface area contributed by atoms with Crippen molar-refractivity contribution in [1.82, 2.24) is 5.32 Å². The molecule has 0 aromatic carbocycles. The summed E-state index contributed by atoms with van der Waals surface area (Å²) in [5.41, 5.74) is 0. The van der Waals surface area contributed by atoms with Gasteiger partial charge in [-0.05, 0) is 24.9 Å². The maximum atomic E-state index is 11.6. The maximum Gasteiger partial charge on any atom is 0.323 e. The van der Waals surface area contributed by atoms with Gasteiger partial charge in [-0.25, -0.2) is 0 Å². The number of rotatable bonds is 8. The van der Waals surface area contributed by atoms with Crippen LogP contribution in [0.5, 0.6) is 0 Å². The monoisotopic (exact) mass is 233 g/mol. The average molecular weight is 233 g/mol. The van der Waals surface area contributed by atoms with Crippen molar-refractivity contribution < 1.29 is 9.53 Å². The van der Waals surface area contributed by atoms with Crippen molar-refractivity contribution in [2.45, 2.75) is 46.2 Å². The average Bonchev–Trinajstić information content (AvgIpc) is 2.16. The van der Waals surface area contributed by atoms with E-state index in [4.69, 9.17) is 4.74 Å². The molecule has 1 atom stereocenters. The Kier molecular flexibility index (Phi) is 8.91. The predicted octanol–water partition coefficient (Wildman–Crippen LogP) is 2.06. The van der Waals surface area contributed by atoms with E-state index >= 15 is 0 Å². The van der Waals surface area contributed by atoms with Crippen LogP contribution in [0.2, 0.25) is 0 Å². The Labute approximate surface area is 97.3 Å². The third-order valence-electron chi connectivity index (χ3n) is 1.86. The van der Waals surface area contributed by atoms with E-state index in [2.05, 4.69) is 12.2 Å². The van der Waals surface area contributed by atoms with Crippen molar-refractivity contribution in [2.75, 3.05) is 18.1 Å². The lowest BCUT2D eigenvalue weighted by Gasteiger charge is -2.19. The lowest BCUT2D eigenvalue weighted by molar-refractivity contribution is -0.145. The summed E-state index contributed by atoms with van der Waals surface area (Å²) in [4.78, 5) is 11.6. The Balaban J connectivity index is 3.99. The molecule has 0 amide bonds. The van der Waals surface area contributed by atoms with Gasteiger partial charge in [-0.3, -0.25) is 4.79 Å². The van der Waals surface area contributed by atoms with Gasteiger partial charge in [0.2, 0.25) is 0 Å². The molecular formula is C11H23NO2S. The van der Waals surface area contributed by atoms with Crippen LogP contribution >= 0.6 is 11.8 Å². The van der Waals surface area contributed by atoms with Gasteiger partial charge in [0.15, 0.2) is 0 Å². The van der Waals surface area contributed by atoms with Gasteiger partial charge in [0, 0.05) is 6.04 Å². The third-order valence-corrected chi connectivity index (χ3v) is 2.79. The first-order valence-electron chi connectivity index (χ1n) is 5.62. The van der Waals surface area contributed by atoms with Gasteiger partial charge in [0.05, 0.1) is 6.61 Å². The first-order valence-corrected chi connectivity index (χ1v) is 6.77. The van der Waals surface area contributed by atoms with Gasteiger partial charge in [-0.2, -0.15) is 11.8 Å². The topological polar surface area (TPSA) is 38.3 Å². The summed E-state index contributed by atoms with van der Waals surface area (Å²) in [6.45, 7) is 8.50. The van der Waals surface area contributed by atoms with Crippen LogP contribution in [0.15, 0.2) is 0 Å². The minimum atomic E-state index is -0.149. The number of carbonyl (C=O) groups excluding carboxylic acids is 1. The molecule has 0 aliphatic heterocycles. The minimum Gasteiger partial charge on any atom is -0.465 e. The smallest absolute Gasteiger partial charge is 0.323 e. The lowest BCUT2D eigenvalue weighted by Crippen LogP contribution is -2.42. The molecule has 0 aromatic rings. The van der Waals surface area contributed by atoms with Crippen LogP contribution in [-0.2, 0) is 9.53 Å². The lowest BCUT2D eigenvalue weighted by atomic mass is 10.2. The van der Waals surface area contributed by atoms with E-state index in [1.165, 1.54) is 0 Å². The molecule has 0 bridgehead atoms. The first kappa shape index (κ1) is 14.8. The highest BCUT2D eigenvalue weighted by molar-refractivity contribution is 7.99. The molecule has 1 unspecified atom stereocenters. The first-order chi connectivity index (χ1) is 7.11. The van der Waals surface area contributed by atoms with Crippen molar-refractivity contribution in [1.29, 1.82) is 0 Å². The molecule has 0 rings (SSSR count). The number of hydrogen-bond donors (Lipinski definition) is 1. The molecule has 0 aliphatic rings. The fourth-order valence-electron chi connectivity index (χ4n) is 1.26. The van der Waals surface area contributed by atoms with Crippen LogP contribution < -0.4 is 5.32 Å². The second-order valence-electron chi connectivity index (χ2n) is 3.61. The Hall–Kier alpha value is -0.220. The molecule has 15 heavy (non-hydrogen) atoms. The van der Waals surface area contributed by atoms with Crippen molar-refractivity contribution in [2.24, 2.45) is 0 Å². The molecule has 0 fully saturated rings. The van der Waals surface area contributed by atoms with E-state index in [0.29, 0.717) is 12.6 Å².